The van der Waals surface area contributed by atoms with Gasteiger partial charge in [0, 0.05) is 48.4 Å². The van der Waals surface area contributed by atoms with Crippen molar-refractivity contribution in [3.05, 3.63) is 35.0 Å². The fraction of sp³-hybridized carbons (Fsp3) is 0.500. The van der Waals surface area contributed by atoms with Gasteiger partial charge in [-0.25, -0.2) is 0 Å². The van der Waals surface area contributed by atoms with Gasteiger partial charge in [-0.2, -0.15) is 0 Å². The zero-order valence-electron chi connectivity index (χ0n) is 12.0. The fourth-order valence-corrected chi connectivity index (χ4v) is 2.69. The number of rotatable bonds is 6. The molecule has 0 bridgehead atoms. The van der Waals surface area contributed by atoms with Crippen molar-refractivity contribution in [1.29, 1.82) is 0 Å². The maximum Gasteiger partial charge on any atom is 0.0722 e. The summed E-state index contributed by atoms with van der Waals surface area (Å²) in [7, 11) is 1.75. The Balaban J connectivity index is 1.92. The van der Waals surface area contributed by atoms with Gasteiger partial charge in [-0.05, 0) is 37.5 Å². The molecule has 1 aliphatic carbocycles. The molecule has 1 aromatic heterocycles. The summed E-state index contributed by atoms with van der Waals surface area (Å²) >= 11 is 6.15. The molecule has 3 rings (SSSR count). The van der Waals surface area contributed by atoms with Gasteiger partial charge in [-0.1, -0.05) is 17.7 Å². The van der Waals surface area contributed by atoms with Crippen LogP contribution in [-0.4, -0.2) is 23.8 Å². The molecule has 0 radical (unpaired) electrons. The van der Waals surface area contributed by atoms with Crippen LogP contribution in [0, 0.1) is 0 Å². The molecule has 1 aliphatic rings. The topological polar surface area (TPSA) is 26.2 Å². The molecule has 0 aliphatic heterocycles. The SMILES string of the molecule is COC(C)Cn1cc(CNC2CC2)c2ccc(Cl)cc21. The molecular formula is C16H21ClN2O. The Morgan fingerprint density at radius 1 is 1.45 bits per heavy atom. The van der Waals surface area contributed by atoms with Crippen LogP contribution in [0.1, 0.15) is 25.3 Å². The first-order valence-electron chi connectivity index (χ1n) is 7.21. The second-order valence-electron chi connectivity index (χ2n) is 5.67. The van der Waals surface area contributed by atoms with Crippen molar-refractivity contribution in [3.63, 3.8) is 0 Å². The number of aromatic nitrogens is 1. The molecule has 1 atom stereocenters. The number of methoxy groups -OCH3 is 1. The summed E-state index contributed by atoms with van der Waals surface area (Å²) in [6.07, 6.45) is 5.04. The summed E-state index contributed by atoms with van der Waals surface area (Å²) in [4.78, 5) is 0. The summed E-state index contributed by atoms with van der Waals surface area (Å²) in [6, 6.07) is 6.85. The van der Waals surface area contributed by atoms with Crippen LogP contribution in [0.2, 0.25) is 5.02 Å². The molecule has 2 aromatic rings. The van der Waals surface area contributed by atoms with Crippen molar-refractivity contribution in [2.75, 3.05) is 7.11 Å². The van der Waals surface area contributed by atoms with Crippen molar-refractivity contribution in [2.45, 2.75) is 45.0 Å². The van der Waals surface area contributed by atoms with Crippen molar-refractivity contribution in [2.24, 2.45) is 0 Å². The molecule has 1 saturated carbocycles. The Kier molecular flexibility index (Phi) is 4.01. The van der Waals surface area contributed by atoms with Crippen molar-refractivity contribution in [1.82, 2.24) is 9.88 Å². The number of nitrogens with one attached hydrogen (secondary N) is 1. The first-order chi connectivity index (χ1) is 9.67. The molecule has 4 heteroatoms. The van der Waals surface area contributed by atoms with Crippen LogP contribution in [0.3, 0.4) is 0 Å². The molecular weight excluding hydrogens is 272 g/mol. The Morgan fingerprint density at radius 2 is 2.25 bits per heavy atom. The number of benzene rings is 1. The number of halogens is 1. The van der Waals surface area contributed by atoms with E-state index in [4.69, 9.17) is 16.3 Å². The number of fused-ring (bicyclic) bond motifs is 1. The lowest BCUT2D eigenvalue weighted by Crippen LogP contribution is -2.15. The lowest BCUT2D eigenvalue weighted by atomic mass is 10.2. The monoisotopic (exact) mass is 292 g/mol. The van der Waals surface area contributed by atoms with Crippen LogP contribution in [0.15, 0.2) is 24.4 Å². The van der Waals surface area contributed by atoms with E-state index in [-0.39, 0.29) is 6.10 Å². The summed E-state index contributed by atoms with van der Waals surface area (Å²) < 4.78 is 7.63. The zero-order chi connectivity index (χ0) is 14.1. The number of hydrogen-bond donors (Lipinski definition) is 1. The normalized spacial score (nSPS) is 16.8. The molecule has 0 saturated heterocycles. The molecule has 3 nitrogen and oxygen atoms in total. The van der Waals surface area contributed by atoms with E-state index in [1.165, 1.54) is 29.3 Å². The van der Waals surface area contributed by atoms with E-state index in [1.54, 1.807) is 7.11 Å². The van der Waals surface area contributed by atoms with E-state index in [0.29, 0.717) is 0 Å². The maximum atomic E-state index is 6.15. The predicted molar refractivity (Wildman–Crippen MR) is 83.3 cm³/mol. The van der Waals surface area contributed by atoms with Crippen molar-refractivity contribution < 1.29 is 4.74 Å². The third-order valence-corrected chi connectivity index (χ3v) is 4.18. The third kappa shape index (κ3) is 3.00. The number of ether oxygens (including phenoxy) is 1. The molecule has 1 heterocycles. The highest BCUT2D eigenvalue weighted by atomic mass is 35.5. The van der Waals surface area contributed by atoms with Gasteiger partial charge in [0.15, 0.2) is 0 Å². The first kappa shape index (κ1) is 13.9. The minimum absolute atomic E-state index is 0.189. The maximum absolute atomic E-state index is 6.15. The summed E-state index contributed by atoms with van der Waals surface area (Å²) in [5, 5.41) is 5.65. The standard InChI is InChI=1S/C16H21ClN2O/c1-11(20-2)9-19-10-12(8-18-14-4-5-14)15-6-3-13(17)7-16(15)19/h3,6-7,10-11,14,18H,4-5,8-9H2,1-2H3. The lowest BCUT2D eigenvalue weighted by Gasteiger charge is -2.11. The van der Waals surface area contributed by atoms with E-state index < -0.39 is 0 Å². The number of hydrogen-bond acceptors (Lipinski definition) is 2. The average Bonchev–Trinajstić information content (AvgIpc) is 3.21. The minimum Gasteiger partial charge on any atom is -0.380 e. The van der Waals surface area contributed by atoms with Crippen LogP contribution in [0.25, 0.3) is 10.9 Å². The Bertz CT molecular complexity index is 604. The Hall–Kier alpha value is -1.03. The van der Waals surface area contributed by atoms with Gasteiger partial charge >= 0.3 is 0 Å². The molecule has 0 spiro atoms. The molecule has 1 fully saturated rings. The Morgan fingerprint density at radius 3 is 2.95 bits per heavy atom. The smallest absolute Gasteiger partial charge is 0.0722 e. The van der Waals surface area contributed by atoms with E-state index in [9.17, 15) is 0 Å². The molecule has 20 heavy (non-hydrogen) atoms. The summed E-state index contributed by atoms with van der Waals surface area (Å²) in [6.45, 7) is 3.85. The first-order valence-corrected chi connectivity index (χ1v) is 7.58. The predicted octanol–water partition coefficient (Wildman–Crippen LogP) is 3.58. The molecule has 108 valence electrons. The second kappa shape index (κ2) is 5.76. The van der Waals surface area contributed by atoms with E-state index in [0.717, 1.165) is 24.2 Å². The van der Waals surface area contributed by atoms with Gasteiger partial charge < -0.3 is 14.6 Å². The van der Waals surface area contributed by atoms with Crippen molar-refractivity contribution in [3.8, 4) is 0 Å². The van der Waals surface area contributed by atoms with Crippen LogP contribution in [0.4, 0.5) is 0 Å². The Labute approximate surface area is 124 Å². The van der Waals surface area contributed by atoms with Gasteiger partial charge in [-0.15, -0.1) is 0 Å². The molecule has 1 aromatic carbocycles. The largest absolute Gasteiger partial charge is 0.380 e. The molecule has 0 amide bonds. The van der Waals surface area contributed by atoms with E-state index in [1.807, 2.05) is 12.1 Å². The molecule has 1 unspecified atom stereocenters. The highest BCUT2D eigenvalue weighted by molar-refractivity contribution is 6.31. The van der Waals surface area contributed by atoms with E-state index in [2.05, 4.69) is 29.1 Å². The van der Waals surface area contributed by atoms with Gasteiger partial charge in [0.2, 0.25) is 0 Å². The van der Waals surface area contributed by atoms with Crippen LogP contribution < -0.4 is 5.32 Å². The minimum atomic E-state index is 0.189. The number of nitrogens with zero attached hydrogens (tertiary/aromatic N) is 1. The van der Waals surface area contributed by atoms with Crippen LogP contribution in [0.5, 0.6) is 0 Å². The quantitative estimate of drug-likeness (QED) is 0.881. The highest BCUT2D eigenvalue weighted by Crippen LogP contribution is 2.26. The fourth-order valence-electron chi connectivity index (χ4n) is 2.53. The van der Waals surface area contributed by atoms with Gasteiger partial charge in [0.05, 0.1) is 6.10 Å². The second-order valence-corrected chi connectivity index (χ2v) is 6.11. The molecule has 1 N–H and O–H groups in total. The van der Waals surface area contributed by atoms with Crippen LogP contribution in [-0.2, 0) is 17.8 Å². The lowest BCUT2D eigenvalue weighted by molar-refractivity contribution is 0.104. The van der Waals surface area contributed by atoms with Gasteiger partial charge in [0.25, 0.3) is 0 Å². The van der Waals surface area contributed by atoms with E-state index >= 15 is 0 Å². The van der Waals surface area contributed by atoms with Crippen LogP contribution >= 0.6 is 11.6 Å². The third-order valence-electron chi connectivity index (χ3n) is 3.94. The van der Waals surface area contributed by atoms with Crippen molar-refractivity contribution >= 4 is 22.5 Å². The van der Waals surface area contributed by atoms with Gasteiger partial charge in [-0.3, -0.25) is 0 Å². The average molecular weight is 293 g/mol. The zero-order valence-corrected chi connectivity index (χ0v) is 12.8. The van der Waals surface area contributed by atoms with Gasteiger partial charge in [0.1, 0.15) is 0 Å². The summed E-state index contributed by atoms with van der Waals surface area (Å²) in [5.41, 5.74) is 2.53. The highest BCUT2D eigenvalue weighted by Gasteiger charge is 2.21. The summed E-state index contributed by atoms with van der Waals surface area (Å²) in [5.74, 6) is 0.